The summed E-state index contributed by atoms with van der Waals surface area (Å²) in [5.41, 5.74) is 8.52. The van der Waals surface area contributed by atoms with E-state index in [1.807, 2.05) is 0 Å². The largest absolute Gasteiger partial charge is 0.370 e. The van der Waals surface area contributed by atoms with E-state index in [4.69, 9.17) is 5.73 Å². The molecule has 0 aliphatic rings. The molecule has 3 N–H and O–H groups in total. The second-order valence-corrected chi connectivity index (χ2v) is 6.42. The smallest absolute Gasteiger partial charge is 0.188 e. The molecule has 0 aliphatic carbocycles. The normalized spacial score (nSPS) is 12.8. The number of nitrogens with zero attached hydrogens (tertiary/aromatic N) is 1. The van der Waals surface area contributed by atoms with Gasteiger partial charge in [-0.3, -0.25) is 0 Å². The van der Waals surface area contributed by atoms with Gasteiger partial charge in [0, 0.05) is 6.54 Å². The topological polar surface area (TPSA) is 50.4 Å². The number of hydrogen-bond acceptors (Lipinski definition) is 1. The van der Waals surface area contributed by atoms with E-state index in [1.165, 1.54) is 11.1 Å². The first kappa shape index (κ1) is 15.5. The van der Waals surface area contributed by atoms with E-state index in [0.717, 1.165) is 6.54 Å². The van der Waals surface area contributed by atoms with Crippen LogP contribution in [0.1, 0.15) is 45.7 Å². The Morgan fingerprint density at radius 1 is 1.21 bits per heavy atom. The number of nitrogens with one attached hydrogen (secondary N) is 1. The van der Waals surface area contributed by atoms with Crippen LogP contribution in [0.5, 0.6) is 0 Å². The molecule has 0 spiro atoms. The predicted molar refractivity (Wildman–Crippen MR) is 83.3 cm³/mol. The van der Waals surface area contributed by atoms with Crippen LogP contribution in [0.3, 0.4) is 0 Å². The van der Waals surface area contributed by atoms with Gasteiger partial charge in [0.15, 0.2) is 5.96 Å². The number of guanidine groups is 1. The van der Waals surface area contributed by atoms with Gasteiger partial charge in [-0.2, -0.15) is 0 Å². The third kappa shape index (κ3) is 5.77. The van der Waals surface area contributed by atoms with Crippen molar-refractivity contribution in [3.05, 3.63) is 35.4 Å². The Bertz CT molecular complexity index is 411. The van der Waals surface area contributed by atoms with Crippen LogP contribution in [0.4, 0.5) is 0 Å². The minimum atomic E-state index is 0.194. The third-order valence-electron chi connectivity index (χ3n) is 2.94. The van der Waals surface area contributed by atoms with Gasteiger partial charge < -0.3 is 11.1 Å². The van der Waals surface area contributed by atoms with Crippen molar-refractivity contribution in [1.29, 1.82) is 0 Å². The molecular formula is C16H27N3. The van der Waals surface area contributed by atoms with Crippen molar-refractivity contribution in [2.24, 2.45) is 16.6 Å². The van der Waals surface area contributed by atoms with E-state index in [-0.39, 0.29) is 5.41 Å². The fourth-order valence-electron chi connectivity index (χ4n) is 1.65. The highest BCUT2D eigenvalue weighted by Gasteiger charge is 2.12. The Kier molecular flexibility index (Phi) is 5.40. The fourth-order valence-corrected chi connectivity index (χ4v) is 1.65. The lowest BCUT2D eigenvalue weighted by Gasteiger charge is -2.19. The van der Waals surface area contributed by atoms with Gasteiger partial charge in [0.2, 0.25) is 0 Å². The number of rotatable bonds is 4. The summed E-state index contributed by atoms with van der Waals surface area (Å²) in [6, 6.07) is 8.59. The van der Waals surface area contributed by atoms with Gasteiger partial charge in [-0.25, -0.2) is 4.99 Å². The number of benzene rings is 1. The Morgan fingerprint density at radius 3 is 2.26 bits per heavy atom. The lowest BCUT2D eigenvalue weighted by molar-refractivity contribution is 0.590. The molecule has 0 saturated heterocycles. The molecule has 0 fully saturated rings. The first-order valence-corrected chi connectivity index (χ1v) is 6.92. The van der Waals surface area contributed by atoms with Crippen LogP contribution in [0, 0.1) is 5.92 Å². The standard InChI is InChI=1S/C16H27N3/c1-12(2)10-18-15(17)19-11-13-6-8-14(9-7-13)16(3,4)5/h6-9,12H,10-11H2,1-5H3,(H3,17,18,19). The molecule has 1 aromatic rings. The second kappa shape index (κ2) is 6.60. The van der Waals surface area contributed by atoms with Gasteiger partial charge in [0.25, 0.3) is 0 Å². The molecule has 0 radical (unpaired) electrons. The van der Waals surface area contributed by atoms with E-state index in [9.17, 15) is 0 Å². The molecule has 0 heterocycles. The van der Waals surface area contributed by atoms with Crippen molar-refractivity contribution < 1.29 is 0 Å². The van der Waals surface area contributed by atoms with E-state index in [0.29, 0.717) is 18.4 Å². The summed E-state index contributed by atoms with van der Waals surface area (Å²) in [6.07, 6.45) is 0. The average Bonchev–Trinajstić information content (AvgIpc) is 2.33. The van der Waals surface area contributed by atoms with Crippen LogP contribution >= 0.6 is 0 Å². The molecule has 1 rings (SSSR count). The van der Waals surface area contributed by atoms with E-state index in [2.05, 4.69) is 69.2 Å². The quantitative estimate of drug-likeness (QED) is 0.646. The zero-order valence-corrected chi connectivity index (χ0v) is 12.8. The van der Waals surface area contributed by atoms with Crippen molar-refractivity contribution in [2.45, 2.75) is 46.6 Å². The minimum absolute atomic E-state index is 0.194. The zero-order valence-electron chi connectivity index (χ0n) is 12.8. The maximum Gasteiger partial charge on any atom is 0.188 e. The Labute approximate surface area is 117 Å². The summed E-state index contributed by atoms with van der Waals surface area (Å²) in [4.78, 5) is 4.34. The van der Waals surface area contributed by atoms with E-state index < -0.39 is 0 Å². The molecule has 0 saturated carbocycles. The molecule has 0 aromatic heterocycles. The summed E-state index contributed by atoms with van der Waals surface area (Å²) in [5, 5.41) is 3.12. The van der Waals surface area contributed by atoms with Crippen LogP contribution in [-0.2, 0) is 12.0 Å². The second-order valence-electron chi connectivity index (χ2n) is 6.42. The van der Waals surface area contributed by atoms with Crippen molar-refractivity contribution in [2.75, 3.05) is 6.54 Å². The lowest BCUT2D eigenvalue weighted by atomic mass is 9.87. The van der Waals surface area contributed by atoms with Crippen LogP contribution in [0.2, 0.25) is 0 Å². The van der Waals surface area contributed by atoms with Gasteiger partial charge in [-0.05, 0) is 22.5 Å². The third-order valence-corrected chi connectivity index (χ3v) is 2.94. The maximum absolute atomic E-state index is 5.81. The Hall–Kier alpha value is -1.51. The summed E-state index contributed by atoms with van der Waals surface area (Å²) in [7, 11) is 0. The van der Waals surface area contributed by atoms with Gasteiger partial charge in [-0.15, -0.1) is 0 Å². The minimum Gasteiger partial charge on any atom is -0.370 e. The molecule has 0 bridgehead atoms. The molecule has 0 amide bonds. The van der Waals surface area contributed by atoms with Crippen molar-refractivity contribution >= 4 is 5.96 Å². The van der Waals surface area contributed by atoms with Crippen molar-refractivity contribution in [3.63, 3.8) is 0 Å². The first-order chi connectivity index (χ1) is 8.79. The van der Waals surface area contributed by atoms with Crippen LogP contribution in [-0.4, -0.2) is 12.5 Å². The highest BCUT2D eigenvalue weighted by Crippen LogP contribution is 2.22. The Morgan fingerprint density at radius 2 is 1.79 bits per heavy atom. The Balaban J connectivity index is 2.56. The SMILES string of the molecule is CC(C)CNC(N)=NCc1ccc(C(C)(C)C)cc1. The van der Waals surface area contributed by atoms with E-state index in [1.54, 1.807) is 0 Å². The summed E-state index contributed by atoms with van der Waals surface area (Å²) in [6.45, 7) is 12.4. The molecule has 3 nitrogen and oxygen atoms in total. The number of aliphatic imine (C=N–C) groups is 1. The average molecular weight is 261 g/mol. The molecule has 0 aliphatic heterocycles. The van der Waals surface area contributed by atoms with Gasteiger partial charge in [-0.1, -0.05) is 58.9 Å². The van der Waals surface area contributed by atoms with Crippen LogP contribution < -0.4 is 11.1 Å². The molecule has 1 aromatic carbocycles. The maximum atomic E-state index is 5.81. The van der Waals surface area contributed by atoms with Crippen LogP contribution in [0.15, 0.2) is 29.3 Å². The summed E-state index contributed by atoms with van der Waals surface area (Å²) >= 11 is 0. The van der Waals surface area contributed by atoms with Gasteiger partial charge in [0.05, 0.1) is 6.54 Å². The predicted octanol–water partition coefficient (Wildman–Crippen LogP) is 3.04. The highest BCUT2D eigenvalue weighted by atomic mass is 15.1. The molecule has 3 heteroatoms. The lowest BCUT2D eigenvalue weighted by Crippen LogP contribution is -2.34. The molecular weight excluding hydrogens is 234 g/mol. The number of hydrogen-bond donors (Lipinski definition) is 2. The summed E-state index contributed by atoms with van der Waals surface area (Å²) in [5.74, 6) is 1.09. The first-order valence-electron chi connectivity index (χ1n) is 6.92. The molecule has 19 heavy (non-hydrogen) atoms. The van der Waals surface area contributed by atoms with Gasteiger partial charge >= 0.3 is 0 Å². The highest BCUT2D eigenvalue weighted by molar-refractivity contribution is 5.77. The molecule has 106 valence electrons. The number of nitrogens with two attached hydrogens (primary N) is 1. The fraction of sp³-hybridized carbons (Fsp3) is 0.562. The van der Waals surface area contributed by atoms with Gasteiger partial charge in [0.1, 0.15) is 0 Å². The van der Waals surface area contributed by atoms with Crippen molar-refractivity contribution in [3.8, 4) is 0 Å². The van der Waals surface area contributed by atoms with E-state index >= 15 is 0 Å². The van der Waals surface area contributed by atoms with Crippen molar-refractivity contribution in [1.82, 2.24) is 5.32 Å². The summed E-state index contributed by atoms with van der Waals surface area (Å²) < 4.78 is 0. The molecule has 0 atom stereocenters. The van der Waals surface area contributed by atoms with Crippen LogP contribution in [0.25, 0.3) is 0 Å². The monoisotopic (exact) mass is 261 g/mol. The molecule has 0 unspecified atom stereocenters. The zero-order chi connectivity index (χ0) is 14.5.